The van der Waals surface area contributed by atoms with Crippen molar-refractivity contribution in [1.82, 2.24) is 9.88 Å². The molecule has 2 aromatic rings. The normalized spacial score (nSPS) is 28.1. The van der Waals surface area contributed by atoms with Crippen LogP contribution in [0.25, 0.3) is 0 Å². The molecule has 0 amide bonds. The lowest BCUT2D eigenvalue weighted by Crippen LogP contribution is -2.43. The number of benzene rings is 1. The average molecular weight is 382 g/mol. The van der Waals surface area contributed by atoms with Gasteiger partial charge in [-0.05, 0) is 37.7 Å². The Kier molecular flexibility index (Phi) is 3.94. The van der Waals surface area contributed by atoms with Gasteiger partial charge in [0.25, 0.3) is 0 Å². The minimum Gasteiger partial charge on any atom is -0.493 e. The van der Waals surface area contributed by atoms with Gasteiger partial charge >= 0.3 is 5.97 Å². The summed E-state index contributed by atoms with van der Waals surface area (Å²) >= 11 is 0. The summed E-state index contributed by atoms with van der Waals surface area (Å²) < 4.78 is 22.6. The molecule has 0 saturated heterocycles. The predicted molar refractivity (Wildman–Crippen MR) is 99.5 cm³/mol. The van der Waals surface area contributed by atoms with Crippen LogP contribution in [0, 0.1) is 0 Å². The zero-order chi connectivity index (χ0) is 19.3. The fourth-order valence-electron chi connectivity index (χ4n) is 4.66. The van der Waals surface area contributed by atoms with Crippen LogP contribution in [-0.4, -0.2) is 48.8 Å². The van der Waals surface area contributed by atoms with Gasteiger partial charge in [0.1, 0.15) is 12.2 Å². The summed E-state index contributed by atoms with van der Waals surface area (Å²) in [6.07, 6.45) is 7.77. The molecule has 0 bridgehead atoms. The van der Waals surface area contributed by atoms with Crippen LogP contribution in [0.1, 0.15) is 34.5 Å². The molecule has 1 aromatic carbocycles. The van der Waals surface area contributed by atoms with E-state index in [2.05, 4.69) is 29.1 Å². The molecule has 7 nitrogen and oxygen atoms in total. The molecule has 3 aliphatic rings. The van der Waals surface area contributed by atoms with Crippen LogP contribution in [0.5, 0.6) is 11.5 Å². The summed E-state index contributed by atoms with van der Waals surface area (Å²) in [7, 11) is 3.80. The molecule has 7 heteroatoms. The van der Waals surface area contributed by atoms with Crippen molar-refractivity contribution in [2.24, 2.45) is 0 Å². The molecule has 146 valence electrons. The number of esters is 1. The summed E-state index contributed by atoms with van der Waals surface area (Å²) in [5.74, 6) is 1.16. The topological polar surface area (TPSA) is 74.0 Å². The Labute approximate surface area is 162 Å². The summed E-state index contributed by atoms with van der Waals surface area (Å²) in [5.41, 5.74) is 2.26. The number of carbonyl (C=O) groups is 1. The van der Waals surface area contributed by atoms with Crippen molar-refractivity contribution in [2.45, 2.75) is 37.0 Å². The van der Waals surface area contributed by atoms with Crippen LogP contribution in [0.2, 0.25) is 0 Å². The van der Waals surface area contributed by atoms with Gasteiger partial charge in [-0.1, -0.05) is 12.1 Å². The minimum absolute atomic E-state index is 0.101. The van der Waals surface area contributed by atoms with Crippen LogP contribution in [0.3, 0.4) is 0 Å². The monoisotopic (exact) mass is 382 g/mol. The van der Waals surface area contributed by atoms with Crippen molar-refractivity contribution in [3.05, 3.63) is 53.8 Å². The van der Waals surface area contributed by atoms with Gasteiger partial charge in [-0.25, -0.2) is 9.78 Å². The number of nitrogens with zero attached hydrogens (tertiary/aromatic N) is 2. The third kappa shape index (κ3) is 2.53. The lowest BCUT2D eigenvalue weighted by Gasteiger charge is -2.36. The number of carbonyl (C=O) groups excluding carboxylic acids is 1. The summed E-state index contributed by atoms with van der Waals surface area (Å²) in [6.45, 7) is 1.84. The van der Waals surface area contributed by atoms with E-state index in [-0.39, 0.29) is 23.4 Å². The third-order valence-corrected chi connectivity index (χ3v) is 6.02. The fraction of sp³-hybridized carbons (Fsp3) is 0.429. The Balaban J connectivity index is 1.50. The number of hydrogen-bond donors (Lipinski definition) is 0. The first-order chi connectivity index (χ1) is 13.6. The van der Waals surface area contributed by atoms with Crippen LogP contribution in [-0.2, 0) is 16.7 Å². The number of rotatable bonds is 3. The molecule has 1 unspecified atom stereocenters. The molecule has 0 saturated carbocycles. The number of aromatic nitrogens is 1. The van der Waals surface area contributed by atoms with Crippen molar-refractivity contribution < 1.29 is 23.4 Å². The molecule has 0 N–H and O–H groups in total. The highest BCUT2D eigenvalue weighted by molar-refractivity contribution is 5.86. The van der Waals surface area contributed by atoms with Gasteiger partial charge in [-0.15, -0.1) is 0 Å². The Hall–Kier alpha value is -2.80. The molecule has 1 aliphatic carbocycles. The Morgan fingerprint density at radius 3 is 3.07 bits per heavy atom. The summed E-state index contributed by atoms with van der Waals surface area (Å²) in [4.78, 5) is 18.3. The highest BCUT2D eigenvalue weighted by Gasteiger charge is 2.53. The maximum absolute atomic E-state index is 12.2. The molecule has 5 rings (SSSR count). The van der Waals surface area contributed by atoms with Crippen LogP contribution < -0.4 is 9.47 Å². The van der Waals surface area contributed by atoms with Gasteiger partial charge in [0.05, 0.1) is 18.7 Å². The minimum atomic E-state index is -0.516. The van der Waals surface area contributed by atoms with Gasteiger partial charge in [0.15, 0.2) is 17.9 Å². The standard InChI is InChI=1S/C21H22N2O5/c1-23-8-7-21-6-5-14(27-20(24)16-10-22-12-26-16)9-17(21)28-19-15(25-2)4-3-13(11-23)18(19)21/h3-6,10,12,14,17H,7-9,11H2,1-2H3/t14-,17?,21-/m0/s1. The highest BCUT2D eigenvalue weighted by atomic mass is 16.6. The molecule has 1 spiro atoms. The van der Waals surface area contributed by atoms with Crippen LogP contribution >= 0.6 is 0 Å². The fourth-order valence-corrected chi connectivity index (χ4v) is 4.66. The van der Waals surface area contributed by atoms with E-state index in [1.807, 2.05) is 12.1 Å². The van der Waals surface area contributed by atoms with Crippen molar-refractivity contribution >= 4 is 5.97 Å². The van der Waals surface area contributed by atoms with E-state index in [1.165, 1.54) is 23.7 Å². The highest BCUT2D eigenvalue weighted by Crippen LogP contribution is 2.55. The van der Waals surface area contributed by atoms with Crippen molar-refractivity contribution in [3.8, 4) is 11.5 Å². The first kappa shape index (κ1) is 17.3. The van der Waals surface area contributed by atoms with Crippen molar-refractivity contribution in [1.29, 1.82) is 0 Å². The second-order valence-corrected chi connectivity index (χ2v) is 7.67. The zero-order valence-corrected chi connectivity index (χ0v) is 15.9. The summed E-state index contributed by atoms with van der Waals surface area (Å²) in [6, 6.07) is 4.11. The Morgan fingerprint density at radius 1 is 1.39 bits per heavy atom. The van der Waals surface area contributed by atoms with Gasteiger partial charge in [-0.3, -0.25) is 0 Å². The van der Waals surface area contributed by atoms with Crippen molar-refractivity contribution in [3.63, 3.8) is 0 Å². The van der Waals surface area contributed by atoms with E-state index in [0.29, 0.717) is 6.42 Å². The molecule has 3 heterocycles. The second kappa shape index (κ2) is 6.38. The maximum Gasteiger partial charge on any atom is 0.376 e. The van der Waals surface area contributed by atoms with Crippen LogP contribution in [0.4, 0.5) is 0 Å². The first-order valence-electron chi connectivity index (χ1n) is 9.45. The van der Waals surface area contributed by atoms with E-state index in [0.717, 1.165) is 31.0 Å². The van der Waals surface area contributed by atoms with E-state index in [4.69, 9.17) is 18.6 Å². The molecule has 0 fully saturated rings. The van der Waals surface area contributed by atoms with Gasteiger partial charge in [0, 0.05) is 18.5 Å². The van der Waals surface area contributed by atoms with E-state index in [1.54, 1.807) is 7.11 Å². The molecular weight excluding hydrogens is 360 g/mol. The number of methoxy groups -OCH3 is 1. The molecular formula is C21H22N2O5. The smallest absolute Gasteiger partial charge is 0.376 e. The van der Waals surface area contributed by atoms with E-state index < -0.39 is 5.97 Å². The van der Waals surface area contributed by atoms with E-state index >= 15 is 0 Å². The van der Waals surface area contributed by atoms with Gasteiger partial charge in [0.2, 0.25) is 5.76 Å². The SMILES string of the molecule is COc1ccc2c3c1OC1C[C@@H](OC(=O)c4cnco4)C=C[C@@]31CCN(C)C2. The van der Waals surface area contributed by atoms with Gasteiger partial charge < -0.3 is 23.5 Å². The molecule has 28 heavy (non-hydrogen) atoms. The molecule has 1 aromatic heterocycles. The largest absolute Gasteiger partial charge is 0.493 e. The third-order valence-electron chi connectivity index (χ3n) is 6.02. The molecule has 3 atom stereocenters. The van der Waals surface area contributed by atoms with E-state index in [9.17, 15) is 4.79 Å². The zero-order valence-electron chi connectivity index (χ0n) is 15.9. The predicted octanol–water partition coefficient (Wildman–Crippen LogP) is 2.70. The lowest BCUT2D eigenvalue weighted by atomic mass is 9.69. The average Bonchev–Trinajstić information content (AvgIpc) is 3.30. The van der Waals surface area contributed by atoms with Crippen molar-refractivity contribution in [2.75, 3.05) is 20.7 Å². The quantitative estimate of drug-likeness (QED) is 0.597. The summed E-state index contributed by atoms with van der Waals surface area (Å²) in [5, 5.41) is 0. The number of ether oxygens (including phenoxy) is 3. The second-order valence-electron chi connectivity index (χ2n) is 7.67. The molecule has 0 radical (unpaired) electrons. The molecule has 2 aliphatic heterocycles. The lowest BCUT2D eigenvalue weighted by molar-refractivity contribution is 0.0187. The number of hydrogen-bond acceptors (Lipinski definition) is 7. The Bertz CT molecular complexity index is 939. The first-order valence-corrected chi connectivity index (χ1v) is 9.45. The maximum atomic E-state index is 12.2. The van der Waals surface area contributed by atoms with Crippen LogP contribution in [0.15, 0.2) is 41.3 Å². The van der Waals surface area contributed by atoms with Gasteiger partial charge in [-0.2, -0.15) is 0 Å². The Morgan fingerprint density at radius 2 is 2.29 bits per heavy atom. The number of oxazole rings is 1.